The molecule has 6 heteroatoms. The van der Waals surface area contributed by atoms with E-state index in [1.54, 1.807) is 31.4 Å². The molecule has 3 rings (SSSR count). The standard InChI is InChI=1S/C21H20O5S/c1-13-18(10-14-4-7-16(8-5-14)27(3,24)25)17-9-6-15(26-2)11-20(17)19(13)12-21(22)23/h4-11H,12H2,1-3H3,(H,22,23)/b18-10-. The van der Waals surface area contributed by atoms with Gasteiger partial charge in [-0.2, -0.15) is 0 Å². The van der Waals surface area contributed by atoms with E-state index in [1.165, 1.54) is 6.26 Å². The Morgan fingerprint density at radius 1 is 1.11 bits per heavy atom. The first-order valence-corrected chi connectivity index (χ1v) is 10.2. The summed E-state index contributed by atoms with van der Waals surface area (Å²) >= 11 is 0. The predicted octanol–water partition coefficient (Wildman–Crippen LogP) is 3.90. The lowest BCUT2D eigenvalue weighted by Crippen LogP contribution is -1.97. The number of rotatable bonds is 5. The number of fused-ring (bicyclic) bond motifs is 1. The van der Waals surface area contributed by atoms with Crippen LogP contribution in [0, 0.1) is 0 Å². The first kappa shape index (κ1) is 18.9. The average Bonchev–Trinajstić information content (AvgIpc) is 2.86. The largest absolute Gasteiger partial charge is 0.497 e. The van der Waals surface area contributed by atoms with Gasteiger partial charge in [-0.1, -0.05) is 18.2 Å². The third-order valence-corrected chi connectivity index (χ3v) is 5.77. The molecule has 140 valence electrons. The predicted molar refractivity (Wildman–Crippen MR) is 105 cm³/mol. The highest BCUT2D eigenvalue weighted by Gasteiger charge is 2.25. The quantitative estimate of drug-likeness (QED) is 0.846. The average molecular weight is 384 g/mol. The molecule has 0 unspecified atom stereocenters. The van der Waals surface area contributed by atoms with Crippen LogP contribution in [0.1, 0.15) is 30.0 Å². The fourth-order valence-corrected chi connectivity index (χ4v) is 3.87. The van der Waals surface area contributed by atoms with Crippen molar-refractivity contribution < 1.29 is 23.1 Å². The number of aliphatic carboxylic acids is 1. The van der Waals surface area contributed by atoms with Gasteiger partial charge in [0.2, 0.25) is 0 Å². The lowest BCUT2D eigenvalue weighted by atomic mass is 10.0. The lowest BCUT2D eigenvalue weighted by molar-refractivity contribution is -0.135. The Balaban J connectivity index is 2.11. The van der Waals surface area contributed by atoms with Crippen LogP contribution in [0.3, 0.4) is 0 Å². The van der Waals surface area contributed by atoms with E-state index < -0.39 is 15.8 Å². The Labute approximate surface area is 158 Å². The molecule has 0 spiro atoms. The van der Waals surface area contributed by atoms with Gasteiger partial charge in [0.1, 0.15) is 5.75 Å². The maximum Gasteiger partial charge on any atom is 0.307 e. The van der Waals surface area contributed by atoms with Crippen LogP contribution in [0.15, 0.2) is 52.9 Å². The summed E-state index contributed by atoms with van der Waals surface area (Å²) in [5.74, 6) is -0.222. The van der Waals surface area contributed by atoms with Gasteiger partial charge in [-0.25, -0.2) is 8.42 Å². The van der Waals surface area contributed by atoms with Gasteiger partial charge in [0, 0.05) is 6.26 Å². The number of allylic oxidation sites excluding steroid dienone is 2. The summed E-state index contributed by atoms with van der Waals surface area (Å²) in [6.45, 7) is 1.90. The molecule has 27 heavy (non-hydrogen) atoms. The summed E-state index contributed by atoms with van der Waals surface area (Å²) in [6, 6.07) is 12.3. The topological polar surface area (TPSA) is 80.7 Å². The van der Waals surface area contributed by atoms with Crippen molar-refractivity contribution >= 4 is 33.0 Å². The molecule has 0 aromatic heterocycles. The SMILES string of the molecule is COc1ccc2c(c1)C(CC(=O)O)=C(C)/C2=C/c1ccc(S(C)(=O)=O)cc1. The summed E-state index contributed by atoms with van der Waals surface area (Å²) in [6.07, 6.45) is 3.05. The van der Waals surface area contributed by atoms with E-state index in [-0.39, 0.29) is 11.3 Å². The molecule has 0 aliphatic heterocycles. The molecule has 0 atom stereocenters. The fourth-order valence-electron chi connectivity index (χ4n) is 3.24. The van der Waals surface area contributed by atoms with E-state index in [0.717, 1.165) is 33.4 Å². The van der Waals surface area contributed by atoms with Crippen molar-refractivity contribution in [3.05, 3.63) is 64.7 Å². The summed E-state index contributed by atoms with van der Waals surface area (Å²) < 4.78 is 28.5. The zero-order valence-corrected chi connectivity index (χ0v) is 16.1. The number of carboxylic acid groups (broad SMARTS) is 1. The van der Waals surface area contributed by atoms with Crippen molar-refractivity contribution in [2.75, 3.05) is 13.4 Å². The molecule has 2 aromatic rings. The zero-order chi connectivity index (χ0) is 19.8. The van der Waals surface area contributed by atoms with Crippen molar-refractivity contribution in [2.45, 2.75) is 18.2 Å². The molecular formula is C21H20O5S. The van der Waals surface area contributed by atoms with Crippen LogP contribution < -0.4 is 4.74 Å². The van der Waals surface area contributed by atoms with E-state index in [2.05, 4.69) is 0 Å². The third-order valence-electron chi connectivity index (χ3n) is 4.65. The fraction of sp³-hybridized carbons (Fsp3) is 0.190. The van der Waals surface area contributed by atoms with Gasteiger partial charge >= 0.3 is 5.97 Å². The normalized spacial score (nSPS) is 15.1. The highest BCUT2D eigenvalue weighted by Crippen LogP contribution is 2.44. The van der Waals surface area contributed by atoms with E-state index in [0.29, 0.717) is 5.75 Å². The Kier molecular flexibility index (Phi) is 4.93. The van der Waals surface area contributed by atoms with Crippen LogP contribution in [0.5, 0.6) is 5.75 Å². The molecule has 0 saturated carbocycles. The molecule has 1 aliphatic carbocycles. The van der Waals surface area contributed by atoms with Crippen molar-refractivity contribution in [2.24, 2.45) is 0 Å². The van der Waals surface area contributed by atoms with Crippen LogP contribution >= 0.6 is 0 Å². The van der Waals surface area contributed by atoms with Gasteiger partial charge in [0.05, 0.1) is 18.4 Å². The smallest absolute Gasteiger partial charge is 0.307 e. The summed E-state index contributed by atoms with van der Waals surface area (Å²) in [5, 5.41) is 9.28. The molecule has 0 fully saturated rings. The first-order chi connectivity index (χ1) is 12.7. The van der Waals surface area contributed by atoms with Crippen LogP contribution in [0.2, 0.25) is 0 Å². The molecule has 2 aromatic carbocycles. The minimum Gasteiger partial charge on any atom is -0.497 e. The molecule has 0 bridgehead atoms. The first-order valence-electron chi connectivity index (χ1n) is 8.33. The molecule has 0 radical (unpaired) electrons. The van der Waals surface area contributed by atoms with Gasteiger partial charge in [0.15, 0.2) is 9.84 Å². The van der Waals surface area contributed by atoms with Gasteiger partial charge in [0.25, 0.3) is 0 Å². The minimum absolute atomic E-state index is 0.0731. The molecular weight excluding hydrogens is 364 g/mol. The highest BCUT2D eigenvalue weighted by molar-refractivity contribution is 7.90. The molecule has 5 nitrogen and oxygen atoms in total. The molecule has 0 amide bonds. The molecule has 0 saturated heterocycles. The Hall–Kier alpha value is -2.86. The monoisotopic (exact) mass is 384 g/mol. The lowest BCUT2D eigenvalue weighted by Gasteiger charge is -2.07. The van der Waals surface area contributed by atoms with Crippen molar-refractivity contribution in [3.8, 4) is 5.75 Å². The number of hydrogen-bond acceptors (Lipinski definition) is 4. The van der Waals surface area contributed by atoms with Gasteiger partial charge in [-0.3, -0.25) is 4.79 Å². The van der Waals surface area contributed by atoms with Crippen molar-refractivity contribution in [1.29, 1.82) is 0 Å². The molecule has 0 heterocycles. The van der Waals surface area contributed by atoms with E-state index in [4.69, 9.17) is 4.74 Å². The summed E-state index contributed by atoms with van der Waals surface area (Å²) in [4.78, 5) is 11.6. The second-order valence-electron chi connectivity index (χ2n) is 6.48. The second kappa shape index (κ2) is 7.04. The van der Waals surface area contributed by atoms with Crippen molar-refractivity contribution in [1.82, 2.24) is 0 Å². The number of sulfone groups is 1. The number of benzene rings is 2. The number of hydrogen-bond donors (Lipinski definition) is 1. The number of carboxylic acids is 1. The van der Waals surface area contributed by atoms with Gasteiger partial charge in [-0.15, -0.1) is 0 Å². The summed E-state index contributed by atoms with van der Waals surface area (Å²) in [5.41, 5.74) is 5.22. The van der Waals surface area contributed by atoms with E-state index in [9.17, 15) is 18.3 Å². The third kappa shape index (κ3) is 3.80. The Bertz CT molecular complexity index is 1070. The zero-order valence-electron chi connectivity index (χ0n) is 15.3. The van der Waals surface area contributed by atoms with Crippen LogP contribution in [0.4, 0.5) is 0 Å². The highest BCUT2D eigenvalue weighted by atomic mass is 32.2. The van der Waals surface area contributed by atoms with Crippen LogP contribution in [0.25, 0.3) is 17.2 Å². The van der Waals surface area contributed by atoms with Crippen LogP contribution in [-0.4, -0.2) is 32.9 Å². The Morgan fingerprint density at radius 3 is 2.33 bits per heavy atom. The number of carbonyl (C=O) groups is 1. The van der Waals surface area contributed by atoms with Crippen LogP contribution in [-0.2, 0) is 14.6 Å². The van der Waals surface area contributed by atoms with Crippen molar-refractivity contribution in [3.63, 3.8) is 0 Å². The summed E-state index contributed by atoms with van der Waals surface area (Å²) in [7, 11) is -1.67. The Morgan fingerprint density at radius 2 is 1.78 bits per heavy atom. The van der Waals surface area contributed by atoms with E-state index in [1.807, 2.05) is 31.2 Å². The maximum atomic E-state index is 11.6. The van der Waals surface area contributed by atoms with Gasteiger partial charge in [-0.05, 0) is 70.7 Å². The number of methoxy groups -OCH3 is 1. The second-order valence-corrected chi connectivity index (χ2v) is 8.50. The van der Waals surface area contributed by atoms with Gasteiger partial charge < -0.3 is 9.84 Å². The molecule has 1 N–H and O–H groups in total. The minimum atomic E-state index is -3.25. The number of ether oxygens (including phenoxy) is 1. The van der Waals surface area contributed by atoms with E-state index >= 15 is 0 Å². The molecule has 1 aliphatic rings. The maximum absolute atomic E-state index is 11.6.